The molecule has 2 N–H and O–H groups in total. The van der Waals surface area contributed by atoms with Gasteiger partial charge in [-0.3, -0.25) is 0 Å². The van der Waals surface area contributed by atoms with Crippen LogP contribution in [0.4, 0.5) is 0 Å². The first-order valence-electron chi connectivity index (χ1n) is 13.3. The van der Waals surface area contributed by atoms with Gasteiger partial charge in [-0.15, -0.1) is 0 Å². The summed E-state index contributed by atoms with van der Waals surface area (Å²) in [6.07, 6.45) is 12.3. The Morgan fingerprint density at radius 1 is 1.15 bits per heavy atom. The van der Waals surface area contributed by atoms with Crippen LogP contribution in [0.2, 0.25) is 0 Å². The van der Waals surface area contributed by atoms with E-state index in [4.69, 9.17) is 0 Å². The van der Waals surface area contributed by atoms with Gasteiger partial charge in [0, 0.05) is 0 Å². The van der Waals surface area contributed by atoms with Crippen molar-refractivity contribution in [2.45, 2.75) is 111 Å². The third-order valence-corrected chi connectivity index (χ3v) is 8.78. The first-order valence-corrected chi connectivity index (χ1v) is 13.3. The molecule has 0 saturated heterocycles. The summed E-state index contributed by atoms with van der Waals surface area (Å²) in [5.41, 5.74) is 3.86. The molecule has 1 fully saturated rings. The Hall–Kier alpha value is -1.61. The van der Waals surface area contributed by atoms with E-state index in [1.807, 2.05) is 6.07 Å². The van der Waals surface area contributed by atoms with Crippen LogP contribution in [0.5, 0.6) is 0 Å². The fraction of sp³-hybridized carbons (Fsp3) is 0.700. The Balaban J connectivity index is 1.98. The lowest BCUT2D eigenvalue weighted by atomic mass is 9.63. The Morgan fingerprint density at radius 2 is 1.91 bits per heavy atom. The highest BCUT2D eigenvalue weighted by molar-refractivity contribution is 5.90. The fourth-order valence-corrected chi connectivity index (χ4v) is 6.84. The number of aliphatic hydroxyl groups excluding tert-OH is 1. The first kappa shape index (κ1) is 26.0. The molecule has 1 unspecified atom stereocenters. The number of fused-ring (bicyclic) bond motifs is 8. The predicted octanol–water partition coefficient (Wildman–Crippen LogP) is 7.77. The Labute approximate surface area is 201 Å². The molecule has 4 rings (SSSR count). The monoisotopic (exact) mass is 454 g/mol. The van der Waals surface area contributed by atoms with Gasteiger partial charge >= 0.3 is 5.97 Å². The molecule has 1 saturated carbocycles. The van der Waals surface area contributed by atoms with Gasteiger partial charge in [0.25, 0.3) is 0 Å². The number of carbonyl (C=O) groups is 1. The van der Waals surface area contributed by atoms with Crippen LogP contribution in [0.3, 0.4) is 0 Å². The first-order chi connectivity index (χ1) is 15.6. The number of benzene rings is 1. The molecule has 3 heteroatoms. The molecule has 2 bridgehead atoms. The molecule has 1 aromatic rings. The maximum absolute atomic E-state index is 12.3. The normalized spacial score (nSPS) is 31.0. The molecule has 0 aliphatic heterocycles. The van der Waals surface area contributed by atoms with E-state index in [-0.39, 0.29) is 11.3 Å². The van der Waals surface area contributed by atoms with Gasteiger partial charge in [-0.2, -0.15) is 0 Å². The maximum atomic E-state index is 12.3. The van der Waals surface area contributed by atoms with Crippen LogP contribution in [0.1, 0.15) is 120 Å². The third-order valence-electron chi connectivity index (χ3n) is 8.78. The number of hydrogen-bond acceptors (Lipinski definition) is 2. The van der Waals surface area contributed by atoms with Crippen molar-refractivity contribution in [2.24, 2.45) is 23.2 Å². The van der Waals surface area contributed by atoms with Gasteiger partial charge in [0.05, 0.1) is 11.7 Å². The quantitative estimate of drug-likeness (QED) is 0.432. The van der Waals surface area contributed by atoms with Gasteiger partial charge in [0.15, 0.2) is 0 Å². The van der Waals surface area contributed by atoms with E-state index >= 15 is 0 Å². The number of carboxylic acid groups (broad SMARTS) is 1. The SMILES string of the molecule is C/C1=C/CC[C@]2(C)[C@@H]([C@H](C)CCCC(C)C)CC[C@H]2c2ccc(cc2C(=O)O)CC(O)CC1. The minimum absolute atomic E-state index is 0.101. The number of rotatable bonds is 6. The van der Waals surface area contributed by atoms with Crippen molar-refractivity contribution in [1.82, 2.24) is 0 Å². The molecule has 0 spiro atoms. The van der Waals surface area contributed by atoms with E-state index in [1.54, 1.807) is 0 Å². The summed E-state index contributed by atoms with van der Waals surface area (Å²) in [5.74, 6) is 1.48. The zero-order valence-corrected chi connectivity index (χ0v) is 21.6. The van der Waals surface area contributed by atoms with Crippen molar-refractivity contribution >= 4 is 5.97 Å². The summed E-state index contributed by atoms with van der Waals surface area (Å²) in [7, 11) is 0. The molecule has 0 aromatic heterocycles. The summed E-state index contributed by atoms with van der Waals surface area (Å²) in [6.45, 7) is 11.7. The highest BCUT2D eigenvalue weighted by atomic mass is 16.4. The second-order valence-electron chi connectivity index (χ2n) is 11.8. The number of aliphatic hydroxyl groups is 1. The largest absolute Gasteiger partial charge is 0.478 e. The lowest BCUT2D eigenvalue weighted by Crippen LogP contribution is -2.32. The van der Waals surface area contributed by atoms with Gasteiger partial charge in [-0.1, -0.05) is 70.7 Å². The summed E-state index contributed by atoms with van der Waals surface area (Å²) in [5, 5.41) is 20.6. The van der Waals surface area contributed by atoms with Gasteiger partial charge < -0.3 is 10.2 Å². The lowest BCUT2D eigenvalue weighted by Gasteiger charge is -2.41. The summed E-state index contributed by atoms with van der Waals surface area (Å²) in [4.78, 5) is 12.3. The topological polar surface area (TPSA) is 57.5 Å². The predicted molar refractivity (Wildman–Crippen MR) is 137 cm³/mol. The Bertz CT molecular complexity index is 839. The van der Waals surface area contributed by atoms with Crippen LogP contribution in [-0.4, -0.2) is 22.3 Å². The van der Waals surface area contributed by atoms with Crippen molar-refractivity contribution in [3.63, 3.8) is 0 Å². The molecular formula is C30H46O3. The molecule has 184 valence electrons. The van der Waals surface area contributed by atoms with E-state index < -0.39 is 12.1 Å². The summed E-state index contributed by atoms with van der Waals surface area (Å²) < 4.78 is 0. The number of aromatic carboxylic acids is 1. The van der Waals surface area contributed by atoms with Crippen molar-refractivity contribution in [3.8, 4) is 0 Å². The van der Waals surface area contributed by atoms with Crippen LogP contribution in [0.25, 0.3) is 0 Å². The van der Waals surface area contributed by atoms with E-state index in [0.29, 0.717) is 23.8 Å². The second-order valence-corrected chi connectivity index (χ2v) is 11.8. The molecule has 0 amide bonds. The van der Waals surface area contributed by atoms with Crippen molar-refractivity contribution in [1.29, 1.82) is 0 Å². The Morgan fingerprint density at radius 3 is 2.61 bits per heavy atom. The molecule has 33 heavy (non-hydrogen) atoms. The van der Waals surface area contributed by atoms with E-state index in [9.17, 15) is 15.0 Å². The summed E-state index contributed by atoms with van der Waals surface area (Å²) >= 11 is 0. The molecule has 3 aliphatic rings. The second kappa shape index (κ2) is 11.2. The molecular weight excluding hydrogens is 408 g/mol. The third kappa shape index (κ3) is 6.29. The minimum Gasteiger partial charge on any atom is -0.478 e. The van der Waals surface area contributed by atoms with Crippen LogP contribution >= 0.6 is 0 Å². The zero-order valence-electron chi connectivity index (χ0n) is 21.6. The van der Waals surface area contributed by atoms with Gasteiger partial charge in [0.1, 0.15) is 0 Å². The number of allylic oxidation sites excluding steroid dienone is 2. The number of carboxylic acids is 1. The van der Waals surface area contributed by atoms with E-state index in [1.165, 1.54) is 31.3 Å². The lowest BCUT2D eigenvalue weighted by molar-refractivity contribution is 0.0691. The molecule has 5 atom stereocenters. The average Bonchev–Trinajstić information content (AvgIpc) is 3.08. The standard InChI is InChI=1S/C30H46O3/c1-20(2)8-6-10-22(4)27-15-16-28-25-14-12-23(19-26(25)29(32)33)18-24(31)13-11-21(3)9-7-17-30(27,28)5/h9,12,14,19-20,22,24,27-28,31H,6-8,10-11,13,15-18H2,1-5H3,(H,32,33)/b21-9-/t22-,24?,27-,28+,30-/m1/s1. The fourth-order valence-electron chi connectivity index (χ4n) is 6.84. The minimum atomic E-state index is -0.833. The molecule has 3 nitrogen and oxygen atoms in total. The highest BCUT2D eigenvalue weighted by Gasteiger charge is 2.49. The van der Waals surface area contributed by atoms with Gasteiger partial charge in [-0.05, 0) is 98.1 Å². The number of hydrogen-bond donors (Lipinski definition) is 2. The van der Waals surface area contributed by atoms with Crippen molar-refractivity contribution in [2.75, 3.05) is 0 Å². The van der Waals surface area contributed by atoms with E-state index in [2.05, 4.69) is 52.8 Å². The van der Waals surface area contributed by atoms with Gasteiger partial charge in [-0.25, -0.2) is 4.79 Å². The molecule has 1 aromatic carbocycles. The van der Waals surface area contributed by atoms with Crippen LogP contribution < -0.4 is 0 Å². The Kier molecular flexibility index (Phi) is 8.83. The van der Waals surface area contributed by atoms with Crippen LogP contribution in [0, 0.1) is 23.2 Å². The van der Waals surface area contributed by atoms with Crippen LogP contribution in [0.15, 0.2) is 29.8 Å². The molecule has 0 radical (unpaired) electrons. The van der Waals surface area contributed by atoms with Gasteiger partial charge in [0.2, 0.25) is 0 Å². The van der Waals surface area contributed by atoms with E-state index in [0.717, 1.165) is 49.1 Å². The zero-order chi connectivity index (χ0) is 24.2. The maximum Gasteiger partial charge on any atom is 0.335 e. The van der Waals surface area contributed by atoms with Crippen molar-refractivity contribution in [3.05, 3.63) is 46.5 Å². The average molecular weight is 455 g/mol. The highest BCUT2D eigenvalue weighted by Crippen LogP contribution is 2.59. The molecule has 0 heterocycles. The smallest absolute Gasteiger partial charge is 0.335 e. The van der Waals surface area contributed by atoms with Crippen molar-refractivity contribution < 1.29 is 15.0 Å². The summed E-state index contributed by atoms with van der Waals surface area (Å²) in [6, 6.07) is 5.99. The molecule has 3 aliphatic carbocycles. The van der Waals surface area contributed by atoms with Crippen LogP contribution in [-0.2, 0) is 6.42 Å².